The molecule has 1 aliphatic rings. The van der Waals surface area contributed by atoms with Crippen LogP contribution in [0.5, 0.6) is 0 Å². The van der Waals surface area contributed by atoms with Gasteiger partial charge in [-0.2, -0.15) is 0 Å². The molecule has 1 rings (SSSR count). The van der Waals surface area contributed by atoms with Crippen LogP contribution in [0.3, 0.4) is 0 Å². The van der Waals surface area contributed by atoms with Crippen molar-refractivity contribution in [2.45, 2.75) is 71.2 Å². The Labute approximate surface area is 112 Å². The van der Waals surface area contributed by atoms with Crippen LogP contribution in [0.25, 0.3) is 0 Å². The van der Waals surface area contributed by atoms with E-state index in [1.54, 1.807) is 6.92 Å². The Morgan fingerprint density at radius 1 is 1.28 bits per heavy atom. The van der Waals surface area contributed by atoms with Crippen LogP contribution in [0.1, 0.15) is 58.8 Å². The highest BCUT2D eigenvalue weighted by molar-refractivity contribution is 4.95. The van der Waals surface area contributed by atoms with E-state index < -0.39 is 6.23 Å². The molecule has 0 bridgehead atoms. The van der Waals surface area contributed by atoms with Crippen LogP contribution in [-0.2, 0) is 0 Å². The smallest absolute Gasteiger partial charge is 0.125 e. The van der Waals surface area contributed by atoms with Crippen LogP contribution in [0.4, 0.5) is 0 Å². The molecule has 0 saturated heterocycles. The summed E-state index contributed by atoms with van der Waals surface area (Å²) >= 11 is 0. The number of hydrogen-bond donors (Lipinski definition) is 2. The fourth-order valence-corrected chi connectivity index (χ4v) is 2.23. The van der Waals surface area contributed by atoms with Crippen molar-refractivity contribution in [2.75, 3.05) is 0 Å². The molecule has 3 heteroatoms. The minimum atomic E-state index is -0.417. The molecule has 0 saturated carbocycles. The molecule has 2 unspecified atom stereocenters. The van der Waals surface area contributed by atoms with Crippen molar-refractivity contribution in [3.63, 3.8) is 0 Å². The molecule has 2 atom stereocenters. The van der Waals surface area contributed by atoms with Crippen LogP contribution in [0.2, 0.25) is 0 Å². The summed E-state index contributed by atoms with van der Waals surface area (Å²) in [5.41, 5.74) is 0. The summed E-state index contributed by atoms with van der Waals surface area (Å²) in [6.45, 7) is 4.04. The summed E-state index contributed by atoms with van der Waals surface area (Å²) in [5.74, 6) is 0. The number of hydrogen-bond acceptors (Lipinski definition) is 3. The van der Waals surface area contributed by atoms with Crippen LogP contribution >= 0.6 is 0 Å². The first-order chi connectivity index (χ1) is 8.75. The monoisotopic (exact) mass is 252 g/mol. The highest BCUT2D eigenvalue weighted by Crippen LogP contribution is 2.13. The zero-order chi connectivity index (χ0) is 13.2. The zero-order valence-corrected chi connectivity index (χ0v) is 11.8. The van der Waals surface area contributed by atoms with E-state index in [0.29, 0.717) is 0 Å². The molecule has 1 heterocycles. The summed E-state index contributed by atoms with van der Waals surface area (Å²) in [6, 6.07) is 0. The Balaban J connectivity index is 2.05. The van der Waals surface area contributed by atoms with Gasteiger partial charge >= 0.3 is 0 Å². The van der Waals surface area contributed by atoms with Crippen LogP contribution in [0, 0.1) is 0 Å². The van der Waals surface area contributed by atoms with Gasteiger partial charge in [-0.25, -0.2) is 0 Å². The summed E-state index contributed by atoms with van der Waals surface area (Å²) in [7, 11) is 0. The SMILES string of the molecule is CCCCCC/C=C/CCC1NC=CN1C(C)O. The van der Waals surface area contributed by atoms with Gasteiger partial charge in [0.25, 0.3) is 0 Å². The molecule has 0 aromatic carbocycles. The van der Waals surface area contributed by atoms with E-state index in [4.69, 9.17) is 0 Å². The molecular formula is C15H28N2O. The lowest BCUT2D eigenvalue weighted by Gasteiger charge is -2.27. The van der Waals surface area contributed by atoms with Crippen molar-refractivity contribution in [1.82, 2.24) is 10.2 Å². The lowest BCUT2D eigenvalue weighted by atomic mass is 10.1. The first-order valence-corrected chi connectivity index (χ1v) is 7.29. The normalized spacial score (nSPS) is 20.6. The van der Waals surface area contributed by atoms with Gasteiger partial charge in [-0.15, -0.1) is 0 Å². The third-order valence-corrected chi connectivity index (χ3v) is 3.32. The Hall–Kier alpha value is -0.960. The molecular weight excluding hydrogens is 224 g/mol. The van der Waals surface area contributed by atoms with Crippen LogP contribution in [0.15, 0.2) is 24.6 Å². The predicted molar refractivity (Wildman–Crippen MR) is 76.7 cm³/mol. The number of rotatable bonds is 9. The molecule has 18 heavy (non-hydrogen) atoms. The first kappa shape index (κ1) is 15.1. The number of unbranched alkanes of at least 4 members (excludes halogenated alkanes) is 4. The third-order valence-electron chi connectivity index (χ3n) is 3.32. The highest BCUT2D eigenvalue weighted by Gasteiger charge is 2.20. The molecule has 0 aromatic heterocycles. The van der Waals surface area contributed by atoms with Gasteiger partial charge in [-0.1, -0.05) is 38.3 Å². The average Bonchev–Trinajstić information content (AvgIpc) is 2.81. The van der Waals surface area contributed by atoms with Crippen LogP contribution in [-0.4, -0.2) is 22.4 Å². The van der Waals surface area contributed by atoms with E-state index in [9.17, 15) is 5.11 Å². The molecule has 0 amide bonds. The fraction of sp³-hybridized carbons (Fsp3) is 0.733. The number of allylic oxidation sites excluding steroid dienone is 2. The van der Waals surface area contributed by atoms with E-state index in [-0.39, 0.29) is 6.17 Å². The Morgan fingerprint density at radius 2 is 2.06 bits per heavy atom. The molecule has 2 N–H and O–H groups in total. The standard InChI is InChI=1S/C15H28N2O/c1-3-4-5-6-7-8-9-10-11-15-16-12-13-17(15)14(2)18/h8-9,12-16,18H,3-7,10-11H2,1-2H3/b9-8+. The van der Waals surface area contributed by atoms with E-state index >= 15 is 0 Å². The van der Waals surface area contributed by atoms with E-state index in [1.807, 2.05) is 17.3 Å². The quantitative estimate of drug-likeness (QED) is 0.488. The first-order valence-electron chi connectivity index (χ1n) is 7.29. The van der Waals surface area contributed by atoms with Crippen molar-refractivity contribution in [3.8, 4) is 0 Å². The second kappa shape index (κ2) is 9.03. The Morgan fingerprint density at radius 3 is 2.78 bits per heavy atom. The van der Waals surface area contributed by atoms with Crippen molar-refractivity contribution < 1.29 is 5.11 Å². The molecule has 3 nitrogen and oxygen atoms in total. The van der Waals surface area contributed by atoms with E-state index in [2.05, 4.69) is 24.4 Å². The van der Waals surface area contributed by atoms with Gasteiger partial charge in [0.15, 0.2) is 0 Å². The summed E-state index contributed by atoms with van der Waals surface area (Å²) in [6.07, 6.45) is 16.9. The minimum Gasteiger partial charge on any atom is -0.374 e. The summed E-state index contributed by atoms with van der Waals surface area (Å²) < 4.78 is 0. The molecule has 0 fully saturated rings. The summed E-state index contributed by atoms with van der Waals surface area (Å²) in [4.78, 5) is 1.95. The molecule has 0 spiro atoms. The Kier molecular flexibility index (Phi) is 7.58. The van der Waals surface area contributed by atoms with E-state index in [0.717, 1.165) is 12.8 Å². The zero-order valence-electron chi connectivity index (χ0n) is 11.8. The molecule has 0 aromatic rings. The van der Waals surface area contributed by atoms with Gasteiger partial charge in [0, 0.05) is 12.4 Å². The van der Waals surface area contributed by atoms with Gasteiger partial charge in [-0.05, 0) is 32.6 Å². The maximum absolute atomic E-state index is 9.56. The van der Waals surface area contributed by atoms with Gasteiger partial charge in [0.1, 0.15) is 12.4 Å². The number of aliphatic hydroxyl groups is 1. The lowest BCUT2D eigenvalue weighted by molar-refractivity contribution is 0.0264. The Bertz CT molecular complexity index is 261. The average molecular weight is 252 g/mol. The molecule has 104 valence electrons. The lowest BCUT2D eigenvalue weighted by Crippen LogP contribution is -2.40. The van der Waals surface area contributed by atoms with Gasteiger partial charge in [0.05, 0.1) is 0 Å². The summed E-state index contributed by atoms with van der Waals surface area (Å²) in [5, 5.41) is 12.8. The van der Waals surface area contributed by atoms with Crippen molar-refractivity contribution in [1.29, 1.82) is 0 Å². The number of nitrogens with zero attached hydrogens (tertiary/aromatic N) is 1. The van der Waals surface area contributed by atoms with Crippen LogP contribution < -0.4 is 5.32 Å². The van der Waals surface area contributed by atoms with Crippen molar-refractivity contribution in [3.05, 3.63) is 24.6 Å². The van der Waals surface area contributed by atoms with Crippen molar-refractivity contribution in [2.24, 2.45) is 0 Å². The second-order valence-corrected chi connectivity index (χ2v) is 4.98. The number of nitrogens with one attached hydrogen (secondary N) is 1. The predicted octanol–water partition coefficient (Wildman–Crippen LogP) is 3.33. The second-order valence-electron chi connectivity index (χ2n) is 4.98. The van der Waals surface area contributed by atoms with Gasteiger partial charge < -0.3 is 15.3 Å². The molecule has 0 radical (unpaired) electrons. The van der Waals surface area contributed by atoms with Gasteiger partial charge in [0.2, 0.25) is 0 Å². The highest BCUT2D eigenvalue weighted by atomic mass is 16.3. The van der Waals surface area contributed by atoms with Crippen molar-refractivity contribution >= 4 is 0 Å². The molecule has 1 aliphatic heterocycles. The van der Waals surface area contributed by atoms with E-state index in [1.165, 1.54) is 32.1 Å². The molecule has 0 aliphatic carbocycles. The number of aliphatic hydroxyl groups excluding tert-OH is 1. The third kappa shape index (κ3) is 5.58. The largest absolute Gasteiger partial charge is 0.374 e. The minimum absolute atomic E-state index is 0.245. The fourth-order valence-electron chi connectivity index (χ4n) is 2.23. The topological polar surface area (TPSA) is 35.5 Å². The maximum atomic E-state index is 9.56. The van der Waals surface area contributed by atoms with Gasteiger partial charge in [-0.3, -0.25) is 0 Å². The maximum Gasteiger partial charge on any atom is 0.125 e.